The molecule has 1 spiro atoms. The molecule has 1 atom stereocenters. The minimum Gasteiger partial charge on any atom is -0.444 e. The number of benzene rings is 1. The molecule has 0 radical (unpaired) electrons. The molecule has 7 nitrogen and oxygen atoms in total. The van der Waals surface area contributed by atoms with E-state index in [-0.39, 0.29) is 23.5 Å². The number of hydrogen-bond donors (Lipinski definition) is 0. The molecule has 4 aliphatic rings. The molecule has 7 heteroatoms. The monoisotopic (exact) mass is 441 g/mol. The minimum absolute atomic E-state index is 0.0778. The first kappa shape index (κ1) is 21.7. The summed E-state index contributed by atoms with van der Waals surface area (Å²) >= 11 is 0. The Morgan fingerprint density at radius 3 is 2.50 bits per heavy atom. The van der Waals surface area contributed by atoms with Gasteiger partial charge in [-0.25, -0.2) is 4.79 Å². The highest BCUT2D eigenvalue weighted by Gasteiger charge is 2.46. The summed E-state index contributed by atoms with van der Waals surface area (Å²) in [4.78, 5) is 31.2. The summed E-state index contributed by atoms with van der Waals surface area (Å²) in [5.41, 5.74) is 3.81. The number of likely N-dealkylation sites (tertiary alicyclic amines) is 2. The lowest BCUT2D eigenvalue weighted by atomic mass is 9.73. The lowest BCUT2D eigenvalue weighted by molar-refractivity contribution is -0.116. The number of carbonyl (C=O) groups excluding carboxylic acids is 2. The lowest BCUT2D eigenvalue weighted by Gasteiger charge is -2.45. The van der Waals surface area contributed by atoms with Gasteiger partial charge in [-0.1, -0.05) is 17.7 Å². The highest BCUT2D eigenvalue weighted by atomic mass is 16.6. The maximum Gasteiger partial charge on any atom is 0.410 e. The van der Waals surface area contributed by atoms with Crippen LogP contribution in [0.25, 0.3) is 0 Å². The fourth-order valence-electron chi connectivity index (χ4n) is 6.05. The molecule has 32 heavy (non-hydrogen) atoms. The number of piperidine rings is 2. The van der Waals surface area contributed by atoms with E-state index in [0.29, 0.717) is 19.3 Å². The van der Waals surface area contributed by atoms with Crippen molar-refractivity contribution in [1.82, 2.24) is 9.80 Å². The Kier molecular flexibility index (Phi) is 5.88. The average Bonchev–Trinajstić information content (AvgIpc) is 3.41. The third-order valence-corrected chi connectivity index (χ3v) is 8.00. The molecule has 3 saturated heterocycles. The van der Waals surface area contributed by atoms with Gasteiger partial charge >= 0.3 is 6.09 Å². The molecular formula is C25H35N3O4. The van der Waals surface area contributed by atoms with Crippen LogP contribution in [-0.4, -0.2) is 79.9 Å². The van der Waals surface area contributed by atoms with Crippen LogP contribution in [0.15, 0.2) is 18.2 Å². The maximum absolute atomic E-state index is 12.4. The number of fused-ring (bicyclic) bond motifs is 2. The van der Waals surface area contributed by atoms with Crippen LogP contribution in [0.5, 0.6) is 0 Å². The summed E-state index contributed by atoms with van der Waals surface area (Å²) in [5.74, 6) is 0.137. The van der Waals surface area contributed by atoms with Gasteiger partial charge in [0.05, 0.1) is 13.2 Å². The van der Waals surface area contributed by atoms with Crippen molar-refractivity contribution in [2.24, 2.45) is 0 Å². The molecule has 2 amide bonds. The van der Waals surface area contributed by atoms with E-state index in [2.05, 4.69) is 30.0 Å². The Bertz CT molecular complexity index is 866. The van der Waals surface area contributed by atoms with Crippen molar-refractivity contribution in [3.8, 4) is 0 Å². The molecule has 5 rings (SSSR count). The summed E-state index contributed by atoms with van der Waals surface area (Å²) in [6.45, 7) is 9.46. The van der Waals surface area contributed by atoms with Gasteiger partial charge < -0.3 is 24.2 Å². The number of hydrogen-bond acceptors (Lipinski definition) is 5. The first-order valence-corrected chi connectivity index (χ1v) is 12.1. The van der Waals surface area contributed by atoms with Gasteiger partial charge in [0.2, 0.25) is 5.91 Å². The number of amides is 2. The second-order valence-corrected chi connectivity index (χ2v) is 10.0. The molecule has 1 aromatic carbocycles. The number of aryl methyl sites for hydroxylation is 1. The van der Waals surface area contributed by atoms with Crippen LogP contribution in [-0.2, 0) is 19.7 Å². The van der Waals surface area contributed by atoms with Crippen LogP contribution in [0.2, 0.25) is 0 Å². The first-order chi connectivity index (χ1) is 15.4. The van der Waals surface area contributed by atoms with Gasteiger partial charge in [-0.15, -0.1) is 0 Å². The third-order valence-electron chi connectivity index (χ3n) is 8.00. The van der Waals surface area contributed by atoms with Crippen molar-refractivity contribution in [2.45, 2.75) is 63.5 Å². The van der Waals surface area contributed by atoms with Crippen LogP contribution in [0, 0.1) is 6.92 Å². The highest BCUT2D eigenvalue weighted by Crippen LogP contribution is 2.47. The predicted molar refractivity (Wildman–Crippen MR) is 122 cm³/mol. The van der Waals surface area contributed by atoms with E-state index in [1.54, 1.807) is 6.92 Å². The molecule has 3 fully saturated rings. The van der Waals surface area contributed by atoms with Gasteiger partial charge in [0, 0.05) is 50.1 Å². The van der Waals surface area contributed by atoms with Crippen molar-refractivity contribution in [2.75, 3.05) is 50.8 Å². The Labute approximate surface area is 190 Å². The minimum atomic E-state index is -0.182. The number of carbonyl (C=O) groups is 2. The van der Waals surface area contributed by atoms with Crippen LogP contribution in [0.3, 0.4) is 0 Å². The normalized spacial score (nSPS) is 25.9. The van der Waals surface area contributed by atoms with E-state index in [9.17, 15) is 9.59 Å². The highest BCUT2D eigenvalue weighted by molar-refractivity contribution is 5.94. The standard InChI is InChI=1S/C25H35N3O4/c1-18-3-4-23-22(15-18)25(17-28(23)19(2)29)8-12-26(13-9-25)20-5-10-27(11-6-20)24(30)32-21-7-14-31-16-21/h3-4,15,20-21H,5-14,16-17H2,1-2H3/t21-/m1/s1. The van der Waals surface area contributed by atoms with Gasteiger partial charge in [0.1, 0.15) is 6.10 Å². The van der Waals surface area contributed by atoms with Crippen molar-refractivity contribution in [1.29, 1.82) is 0 Å². The summed E-state index contributed by atoms with van der Waals surface area (Å²) in [7, 11) is 0. The molecule has 174 valence electrons. The molecule has 1 aromatic rings. The van der Waals surface area contributed by atoms with Gasteiger partial charge in [-0.3, -0.25) is 4.79 Å². The average molecular weight is 442 g/mol. The molecule has 0 N–H and O–H groups in total. The van der Waals surface area contributed by atoms with E-state index in [1.807, 2.05) is 9.80 Å². The molecule has 4 aliphatic heterocycles. The Balaban J connectivity index is 1.18. The van der Waals surface area contributed by atoms with Crippen LogP contribution in [0.4, 0.5) is 10.5 Å². The second-order valence-electron chi connectivity index (χ2n) is 10.0. The Hall–Kier alpha value is -2.12. The zero-order valence-corrected chi connectivity index (χ0v) is 19.3. The van der Waals surface area contributed by atoms with E-state index in [1.165, 1.54) is 11.1 Å². The molecule has 4 heterocycles. The maximum atomic E-state index is 12.4. The molecule has 0 aromatic heterocycles. The third kappa shape index (κ3) is 4.01. The van der Waals surface area contributed by atoms with Crippen LogP contribution < -0.4 is 4.90 Å². The second kappa shape index (κ2) is 8.67. The summed E-state index contributed by atoms with van der Waals surface area (Å²) in [6.07, 6.45) is 4.71. The number of nitrogens with zero attached hydrogens (tertiary/aromatic N) is 3. The van der Waals surface area contributed by atoms with Crippen molar-refractivity contribution in [3.63, 3.8) is 0 Å². The van der Waals surface area contributed by atoms with Gasteiger partial charge in [-0.05, 0) is 57.3 Å². The van der Waals surface area contributed by atoms with E-state index in [4.69, 9.17) is 9.47 Å². The van der Waals surface area contributed by atoms with Gasteiger partial charge in [0.25, 0.3) is 0 Å². The van der Waals surface area contributed by atoms with E-state index in [0.717, 1.165) is 70.5 Å². The summed E-state index contributed by atoms with van der Waals surface area (Å²) in [5, 5.41) is 0. The quantitative estimate of drug-likeness (QED) is 0.706. The molecule has 0 bridgehead atoms. The lowest BCUT2D eigenvalue weighted by Crippen LogP contribution is -2.52. The summed E-state index contributed by atoms with van der Waals surface area (Å²) in [6, 6.07) is 7.06. The fourth-order valence-corrected chi connectivity index (χ4v) is 6.05. The fraction of sp³-hybridized carbons (Fsp3) is 0.680. The van der Waals surface area contributed by atoms with Crippen molar-refractivity contribution < 1.29 is 19.1 Å². The van der Waals surface area contributed by atoms with Crippen LogP contribution >= 0.6 is 0 Å². The summed E-state index contributed by atoms with van der Waals surface area (Å²) < 4.78 is 10.9. The molecule has 0 aliphatic carbocycles. The van der Waals surface area contributed by atoms with E-state index < -0.39 is 0 Å². The zero-order valence-electron chi connectivity index (χ0n) is 19.3. The molecular weight excluding hydrogens is 406 g/mol. The molecule has 0 saturated carbocycles. The molecule has 0 unspecified atom stereocenters. The Morgan fingerprint density at radius 2 is 1.84 bits per heavy atom. The number of ether oxygens (including phenoxy) is 2. The van der Waals surface area contributed by atoms with Gasteiger partial charge in [0.15, 0.2) is 0 Å². The first-order valence-electron chi connectivity index (χ1n) is 12.1. The van der Waals surface area contributed by atoms with Crippen LogP contribution in [0.1, 0.15) is 50.2 Å². The Morgan fingerprint density at radius 1 is 1.09 bits per heavy atom. The smallest absolute Gasteiger partial charge is 0.410 e. The topological polar surface area (TPSA) is 62.3 Å². The number of rotatable bonds is 2. The largest absolute Gasteiger partial charge is 0.444 e. The predicted octanol–water partition coefficient (Wildman–Crippen LogP) is 3.09. The van der Waals surface area contributed by atoms with Crippen molar-refractivity contribution in [3.05, 3.63) is 29.3 Å². The van der Waals surface area contributed by atoms with Crippen molar-refractivity contribution >= 4 is 17.7 Å². The van der Waals surface area contributed by atoms with Gasteiger partial charge in [-0.2, -0.15) is 0 Å². The zero-order chi connectivity index (χ0) is 22.3. The van der Waals surface area contributed by atoms with E-state index >= 15 is 0 Å². The number of anilines is 1. The SMILES string of the molecule is CC(=O)N1CC2(CCN(C3CCN(C(=O)O[C@@H]4CCOC4)CC3)CC2)c2cc(C)ccc21.